The van der Waals surface area contributed by atoms with Crippen molar-refractivity contribution in [2.45, 2.75) is 52.6 Å². The molecular weight excluding hydrogens is 232 g/mol. The Morgan fingerprint density at radius 3 is 2.63 bits per heavy atom. The molecule has 1 aromatic carbocycles. The minimum Gasteiger partial charge on any atom is -0.383 e. The maximum absolute atomic E-state index is 3.64. The molecule has 0 aliphatic carbocycles. The number of hydrogen-bond acceptors (Lipinski definition) is 2. The molecule has 1 aliphatic rings. The van der Waals surface area contributed by atoms with E-state index < -0.39 is 0 Å². The van der Waals surface area contributed by atoms with E-state index in [0.29, 0.717) is 12.1 Å². The molecule has 2 heteroatoms. The van der Waals surface area contributed by atoms with Gasteiger partial charge in [-0.25, -0.2) is 0 Å². The van der Waals surface area contributed by atoms with Crippen LogP contribution >= 0.6 is 0 Å². The lowest BCUT2D eigenvalue weighted by Crippen LogP contribution is -2.45. The second kappa shape index (κ2) is 6.42. The van der Waals surface area contributed by atoms with Crippen LogP contribution in [-0.2, 0) is 6.42 Å². The average Bonchev–Trinajstić information content (AvgIpc) is 2.58. The van der Waals surface area contributed by atoms with Crippen LogP contribution in [0.5, 0.6) is 0 Å². The third-order valence-electron chi connectivity index (χ3n) is 4.00. The molecule has 0 saturated heterocycles. The topological polar surface area (TPSA) is 15.3 Å². The molecule has 1 aromatic rings. The van der Waals surface area contributed by atoms with Gasteiger partial charge in [-0.05, 0) is 44.2 Å². The first-order valence-electron chi connectivity index (χ1n) is 7.65. The summed E-state index contributed by atoms with van der Waals surface area (Å²) in [5, 5.41) is 3.64. The second-order valence-electron chi connectivity index (χ2n) is 6.41. The summed E-state index contributed by atoms with van der Waals surface area (Å²) >= 11 is 0. The summed E-state index contributed by atoms with van der Waals surface area (Å²) < 4.78 is 0. The predicted molar refractivity (Wildman–Crippen MR) is 83.7 cm³/mol. The van der Waals surface area contributed by atoms with Crippen LogP contribution in [0.25, 0.3) is 0 Å². The van der Waals surface area contributed by atoms with Gasteiger partial charge in [-0.2, -0.15) is 0 Å². The minimum absolute atomic E-state index is 0.621. The molecule has 0 fully saturated rings. The Bertz CT molecular complexity index is 371. The van der Waals surface area contributed by atoms with E-state index in [2.05, 4.69) is 62.2 Å². The molecule has 106 valence electrons. The van der Waals surface area contributed by atoms with Crippen LogP contribution in [0.1, 0.15) is 39.7 Å². The van der Waals surface area contributed by atoms with Crippen LogP contribution in [0.4, 0.5) is 5.69 Å². The number of anilines is 1. The zero-order valence-corrected chi connectivity index (χ0v) is 12.8. The number of hydrogen-bond donors (Lipinski definition) is 1. The number of rotatable bonds is 4. The van der Waals surface area contributed by atoms with E-state index in [1.165, 1.54) is 30.6 Å². The highest BCUT2D eigenvalue weighted by molar-refractivity contribution is 5.52. The van der Waals surface area contributed by atoms with Gasteiger partial charge in [0.2, 0.25) is 0 Å². The average molecular weight is 260 g/mol. The van der Waals surface area contributed by atoms with E-state index in [1.807, 2.05) is 0 Å². The Balaban J connectivity index is 2.07. The summed E-state index contributed by atoms with van der Waals surface area (Å²) in [6.45, 7) is 11.5. The highest BCUT2D eigenvalue weighted by atomic mass is 15.2. The van der Waals surface area contributed by atoms with Crippen LogP contribution in [0.2, 0.25) is 0 Å². The zero-order valence-electron chi connectivity index (χ0n) is 12.8. The molecule has 1 N–H and O–H groups in total. The third kappa shape index (κ3) is 3.73. The fourth-order valence-corrected chi connectivity index (χ4v) is 3.05. The molecule has 19 heavy (non-hydrogen) atoms. The number of para-hydroxylation sites is 1. The first-order chi connectivity index (χ1) is 9.08. The molecule has 0 aromatic heterocycles. The molecular formula is C17H28N2. The van der Waals surface area contributed by atoms with Crippen LogP contribution < -0.4 is 5.32 Å². The normalized spacial score (nSPS) is 19.4. The number of fused-ring (bicyclic) bond motifs is 1. The quantitative estimate of drug-likeness (QED) is 0.886. The van der Waals surface area contributed by atoms with Crippen molar-refractivity contribution in [2.24, 2.45) is 5.92 Å². The van der Waals surface area contributed by atoms with Crippen molar-refractivity contribution in [3.05, 3.63) is 29.8 Å². The van der Waals surface area contributed by atoms with Crippen molar-refractivity contribution in [1.82, 2.24) is 4.90 Å². The van der Waals surface area contributed by atoms with Crippen molar-refractivity contribution in [1.29, 1.82) is 0 Å². The summed E-state index contributed by atoms with van der Waals surface area (Å²) in [5.41, 5.74) is 2.80. The first kappa shape index (κ1) is 14.4. The highest BCUT2D eigenvalue weighted by Crippen LogP contribution is 2.24. The van der Waals surface area contributed by atoms with Crippen LogP contribution in [0.15, 0.2) is 24.3 Å². The van der Waals surface area contributed by atoms with Crippen molar-refractivity contribution in [3.63, 3.8) is 0 Å². The van der Waals surface area contributed by atoms with E-state index in [-0.39, 0.29) is 0 Å². The number of benzene rings is 1. The Morgan fingerprint density at radius 2 is 1.95 bits per heavy atom. The molecule has 0 spiro atoms. The molecule has 2 rings (SSSR count). The van der Waals surface area contributed by atoms with Gasteiger partial charge in [-0.3, -0.25) is 4.90 Å². The predicted octanol–water partition coefficient (Wildman–Crippen LogP) is 3.78. The molecule has 0 radical (unpaired) electrons. The summed E-state index contributed by atoms with van der Waals surface area (Å²) in [5.74, 6) is 0.730. The Kier molecular flexibility index (Phi) is 4.87. The van der Waals surface area contributed by atoms with Gasteiger partial charge < -0.3 is 5.32 Å². The van der Waals surface area contributed by atoms with Gasteiger partial charge in [0.1, 0.15) is 0 Å². The van der Waals surface area contributed by atoms with Gasteiger partial charge in [0, 0.05) is 30.9 Å². The van der Waals surface area contributed by atoms with Crippen molar-refractivity contribution >= 4 is 5.69 Å². The van der Waals surface area contributed by atoms with Crippen LogP contribution in [-0.4, -0.2) is 30.1 Å². The van der Waals surface area contributed by atoms with Gasteiger partial charge in [0.15, 0.2) is 0 Å². The molecule has 1 heterocycles. The Morgan fingerprint density at radius 1 is 1.21 bits per heavy atom. The smallest absolute Gasteiger partial charge is 0.0373 e. The fraction of sp³-hybridized carbons (Fsp3) is 0.647. The fourth-order valence-electron chi connectivity index (χ4n) is 3.05. The highest BCUT2D eigenvalue weighted by Gasteiger charge is 2.24. The van der Waals surface area contributed by atoms with Crippen molar-refractivity contribution < 1.29 is 0 Å². The molecule has 0 saturated carbocycles. The summed E-state index contributed by atoms with van der Waals surface area (Å²) in [7, 11) is 0. The van der Waals surface area contributed by atoms with E-state index in [9.17, 15) is 0 Å². The molecule has 0 bridgehead atoms. The summed E-state index contributed by atoms with van der Waals surface area (Å²) in [6.07, 6.45) is 2.45. The summed E-state index contributed by atoms with van der Waals surface area (Å²) in [4.78, 5) is 2.67. The molecule has 1 atom stereocenters. The van der Waals surface area contributed by atoms with Gasteiger partial charge in [0.05, 0.1) is 0 Å². The number of nitrogens with one attached hydrogen (secondary N) is 1. The van der Waals surface area contributed by atoms with E-state index in [1.54, 1.807) is 0 Å². The van der Waals surface area contributed by atoms with Gasteiger partial charge in [-0.1, -0.05) is 32.0 Å². The third-order valence-corrected chi connectivity index (χ3v) is 4.00. The van der Waals surface area contributed by atoms with Gasteiger partial charge >= 0.3 is 0 Å². The largest absolute Gasteiger partial charge is 0.383 e. The monoisotopic (exact) mass is 260 g/mol. The van der Waals surface area contributed by atoms with Crippen molar-refractivity contribution in [3.8, 4) is 0 Å². The number of nitrogens with zero attached hydrogens (tertiary/aromatic N) is 1. The first-order valence-corrected chi connectivity index (χ1v) is 7.65. The summed E-state index contributed by atoms with van der Waals surface area (Å²) in [6, 6.07) is 10.0. The number of aryl methyl sites for hydroxylation is 1. The maximum Gasteiger partial charge on any atom is 0.0373 e. The molecule has 1 unspecified atom stereocenters. The lowest BCUT2D eigenvalue weighted by atomic mass is 10.0. The Hall–Kier alpha value is -1.02. The lowest BCUT2D eigenvalue weighted by molar-refractivity contribution is 0.135. The Labute approximate surface area is 118 Å². The molecule has 1 aliphatic heterocycles. The van der Waals surface area contributed by atoms with Crippen molar-refractivity contribution in [2.75, 3.05) is 18.4 Å². The van der Waals surface area contributed by atoms with Crippen LogP contribution in [0, 0.1) is 5.92 Å². The second-order valence-corrected chi connectivity index (χ2v) is 6.41. The van der Waals surface area contributed by atoms with E-state index in [4.69, 9.17) is 0 Å². The lowest BCUT2D eigenvalue weighted by Gasteiger charge is -2.35. The maximum atomic E-state index is 3.64. The van der Waals surface area contributed by atoms with Gasteiger partial charge in [0.25, 0.3) is 0 Å². The molecule has 2 nitrogen and oxygen atoms in total. The SMILES string of the molecule is CC(C)CN(C(C)C)C1CCc2ccccc2NC1. The molecule has 0 amide bonds. The zero-order chi connectivity index (χ0) is 13.8. The standard InChI is InChI=1S/C17H28N2/c1-13(2)12-19(14(3)4)16-10-9-15-7-5-6-8-17(15)18-11-16/h5-8,13-14,16,18H,9-12H2,1-4H3. The van der Waals surface area contributed by atoms with E-state index in [0.717, 1.165) is 12.5 Å². The van der Waals surface area contributed by atoms with Gasteiger partial charge in [-0.15, -0.1) is 0 Å². The van der Waals surface area contributed by atoms with E-state index >= 15 is 0 Å². The van der Waals surface area contributed by atoms with Crippen LogP contribution in [0.3, 0.4) is 0 Å². The minimum atomic E-state index is 0.621.